The van der Waals surface area contributed by atoms with Crippen LogP contribution in [0.2, 0.25) is 0 Å². The quantitative estimate of drug-likeness (QED) is 0.535. The van der Waals surface area contributed by atoms with Crippen LogP contribution in [0.4, 0.5) is 0 Å². The SMILES string of the molecule is Cc1ccc(CN(CC(=O)NCc2ccc(S(N)(=O)=O)cc2)[C@@H]2CCc3ccccc32)cc1. The average Bonchev–Trinajstić information content (AvgIpc) is 3.23. The zero-order valence-corrected chi connectivity index (χ0v) is 19.5. The minimum absolute atomic E-state index is 0.0572. The van der Waals surface area contributed by atoms with E-state index in [4.69, 9.17) is 5.14 Å². The highest BCUT2D eigenvalue weighted by atomic mass is 32.2. The lowest BCUT2D eigenvalue weighted by Crippen LogP contribution is -2.38. The summed E-state index contributed by atoms with van der Waals surface area (Å²) in [7, 11) is -3.73. The fourth-order valence-corrected chi connectivity index (χ4v) is 4.87. The molecule has 1 atom stereocenters. The molecular formula is C26H29N3O3S. The van der Waals surface area contributed by atoms with Crippen LogP contribution in [0.3, 0.4) is 0 Å². The van der Waals surface area contributed by atoms with E-state index in [0.717, 1.165) is 18.4 Å². The number of rotatable bonds is 8. The van der Waals surface area contributed by atoms with Gasteiger partial charge in [0.25, 0.3) is 0 Å². The minimum atomic E-state index is -3.73. The van der Waals surface area contributed by atoms with E-state index in [0.29, 0.717) is 13.1 Å². The highest BCUT2D eigenvalue weighted by Gasteiger charge is 2.29. The van der Waals surface area contributed by atoms with Crippen molar-refractivity contribution < 1.29 is 13.2 Å². The van der Waals surface area contributed by atoms with Crippen molar-refractivity contribution in [2.45, 2.75) is 43.8 Å². The maximum absolute atomic E-state index is 12.9. The van der Waals surface area contributed by atoms with Crippen molar-refractivity contribution in [3.05, 3.63) is 101 Å². The second-order valence-electron chi connectivity index (χ2n) is 8.61. The normalized spacial score (nSPS) is 15.4. The molecule has 0 heterocycles. The van der Waals surface area contributed by atoms with Crippen LogP contribution in [0.1, 0.15) is 40.3 Å². The van der Waals surface area contributed by atoms with Crippen molar-refractivity contribution in [1.82, 2.24) is 10.2 Å². The number of nitrogens with zero attached hydrogens (tertiary/aromatic N) is 1. The van der Waals surface area contributed by atoms with Crippen LogP contribution < -0.4 is 10.5 Å². The van der Waals surface area contributed by atoms with Crippen LogP contribution in [0.5, 0.6) is 0 Å². The summed E-state index contributed by atoms with van der Waals surface area (Å²) in [5, 5.41) is 8.11. The highest BCUT2D eigenvalue weighted by molar-refractivity contribution is 7.89. The number of aryl methyl sites for hydroxylation is 2. The van der Waals surface area contributed by atoms with E-state index in [2.05, 4.69) is 65.7 Å². The summed E-state index contributed by atoms with van der Waals surface area (Å²) in [6.45, 7) is 3.36. The number of primary sulfonamides is 1. The van der Waals surface area contributed by atoms with E-state index >= 15 is 0 Å². The Bertz CT molecular complexity index is 1220. The molecule has 3 N–H and O–H groups in total. The Labute approximate surface area is 195 Å². The third-order valence-electron chi connectivity index (χ3n) is 6.14. The molecule has 33 heavy (non-hydrogen) atoms. The number of hydrogen-bond donors (Lipinski definition) is 2. The van der Waals surface area contributed by atoms with Crippen LogP contribution in [0.15, 0.2) is 77.7 Å². The molecule has 4 rings (SSSR count). The summed E-state index contributed by atoms with van der Waals surface area (Å²) in [5.74, 6) is -0.0676. The van der Waals surface area contributed by atoms with E-state index < -0.39 is 10.0 Å². The Kier molecular flexibility index (Phi) is 6.93. The van der Waals surface area contributed by atoms with Gasteiger partial charge in [-0.1, -0.05) is 66.2 Å². The van der Waals surface area contributed by atoms with Crippen molar-refractivity contribution in [1.29, 1.82) is 0 Å². The Morgan fingerprint density at radius 3 is 2.36 bits per heavy atom. The lowest BCUT2D eigenvalue weighted by Gasteiger charge is -2.29. The van der Waals surface area contributed by atoms with Crippen molar-refractivity contribution in [2.75, 3.05) is 6.54 Å². The summed E-state index contributed by atoms with van der Waals surface area (Å²) < 4.78 is 22.8. The standard InChI is InChI=1S/C26H29N3O3S/c1-19-6-8-21(9-7-19)17-29(25-15-12-22-4-2-3-5-24(22)25)18-26(30)28-16-20-10-13-23(14-11-20)33(27,31)32/h2-11,13-14,25H,12,15-18H2,1H3,(H,28,30)(H2,27,31,32)/t25-/m1/s1. The number of nitrogens with one attached hydrogen (secondary N) is 1. The predicted molar refractivity (Wildman–Crippen MR) is 129 cm³/mol. The molecule has 6 nitrogen and oxygen atoms in total. The fraction of sp³-hybridized carbons (Fsp3) is 0.269. The summed E-state index contributed by atoms with van der Waals surface area (Å²) in [6.07, 6.45) is 2.01. The molecule has 172 valence electrons. The molecule has 0 unspecified atom stereocenters. The van der Waals surface area contributed by atoms with Crippen LogP contribution in [-0.2, 0) is 34.3 Å². The molecule has 1 amide bonds. The van der Waals surface area contributed by atoms with Crippen molar-refractivity contribution in [3.8, 4) is 0 Å². The largest absolute Gasteiger partial charge is 0.351 e. The average molecular weight is 464 g/mol. The maximum Gasteiger partial charge on any atom is 0.238 e. The number of carbonyl (C=O) groups excluding carboxylic acids is 1. The number of hydrogen-bond acceptors (Lipinski definition) is 4. The molecule has 0 fully saturated rings. The van der Waals surface area contributed by atoms with Gasteiger partial charge in [0.1, 0.15) is 0 Å². The first-order chi connectivity index (χ1) is 15.8. The van der Waals surface area contributed by atoms with Gasteiger partial charge in [0.05, 0.1) is 11.4 Å². The first-order valence-corrected chi connectivity index (χ1v) is 12.6. The van der Waals surface area contributed by atoms with E-state index in [-0.39, 0.29) is 23.4 Å². The summed E-state index contributed by atoms with van der Waals surface area (Å²) in [5.41, 5.74) is 5.86. The smallest absolute Gasteiger partial charge is 0.238 e. The van der Waals surface area contributed by atoms with Crippen LogP contribution >= 0.6 is 0 Å². The maximum atomic E-state index is 12.9. The van der Waals surface area contributed by atoms with E-state index in [1.165, 1.54) is 34.4 Å². The molecule has 0 saturated heterocycles. The molecule has 1 aliphatic carbocycles. The highest BCUT2D eigenvalue weighted by Crippen LogP contribution is 2.36. The molecule has 3 aromatic rings. The number of nitrogens with two attached hydrogens (primary N) is 1. The Morgan fingerprint density at radius 2 is 1.67 bits per heavy atom. The number of fused-ring (bicyclic) bond motifs is 1. The van der Waals surface area contributed by atoms with Crippen LogP contribution in [0.25, 0.3) is 0 Å². The Hall–Kier alpha value is -3.00. The first-order valence-electron chi connectivity index (χ1n) is 11.1. The van der Waals surface area contributed by atoms with E-state index in [1.807, 2.05) is 0 Å². The van der Waals surface area contributed by atoms with Gasteiger partial charge in [-0.2, -0.15) is 0 Å². The van der Waals surface area contributed by atoms with Gasteiger partial charge < -0.3 is 5.32 Å². The second kappa shape index (κ2) is 9.87. The van der Waals surface area contributed by atoms with Gasteiger partial charge in [-0.3, -0.25) is 9.69 Å². The third kappa shape index (κ3) is 5.87. The van der Waals surface area contributed by atoms with Crippen LogP contribution in [-0.4, -0.2) is 25.8 Å². The van der Waals surface area contributed by atoms with Crippen LogP contribution in [0, 0.1) is 6.92 Å². The predicted octanol–water partition coefficient (Wildman–Crippen LogP) is 3.45. The molecule has 7 heteroatoms. The number of amides is 1. The lowest BCUT2D eigenvalue weighted by atomic mass is 10.1. The lowest BCUT2D eigenvalue weighted by molar-refractivity contribution is -0.123. The molecule has 0 bridgehead atoms. The summed E-state index contributed by atoms with van der Waals surface area (Å²) in [4.78, 5) is 15.2. The van der Waals surface area contributed by atoms with E-state index in [1.54, 1.807) is 12.1 Å². The van der Waals surface area contributed by atoms with E-state index in [9.17, 15) is 13.2 Å². The van der Waals surface area contributed by atoms with Gasteiger partial charge in [0.2, 0.25) is 15.9 Å². The third-order valence-corrected chi connectivity index (χ3v) is 7.07. The first kappa shape index (κ1) is 23.2. The van der Waals surface area contributed by atoms with Gasteiger partial charge >= 0.3 is 0 Å². The molecule has 0 aliphatic heterocycles. The van der Waals surface area contributed by atoms with Gasteiger partial charge in [0, 0.05) is 19.1 Å². The topological polar surface area (TPSA) is 92.5 Å². The molecule has 1 aliphatic rings. The zero-order chi connectivity index (χ0) is 23.4. The molecule has 0 saturated carbocycles. The fourth-order valence-electron chi connectivity index (χ4n) is 4.36. The minimum Gasteiger partial charge on any atom is -0.351 e. The van der Waals surface area contributed by atoms with Gasteiger partial charge in [-0.05, 0) is 54.2 Å². The van der Waals surface area contributed by atoms with Crippen molar-refractivity contribution in [3.63, 3.8) is 0 Å². The monoisotopic (exact) mass is 463 g/mol. The Morgan fingerprint density at radius 1 is 1.00 bits per heavy atom. The number of benzene rings is 3. The van der Waals surface area contributed by atoms with Crippen molar-refractivity contribution in [2.24, 2.45) is 5.14 Å². The molecule has 0 radical (unpaired) electrons. The number of sulfonamides is 1. The summed E-state index contributed by atoms with van der Waals surface area (Å²) in [6, 6.07) is 23.3. The van der Waals surface area contributed by atoms with Gasteiger partial charge in [-0.25, -0.2) is 13.6 Å². The van der Waals surface area contributed by atoms with Gasteiger partial charge in [0.15, 0.2) is 0 Å². The Balaban J connectivity index is 1.45. The second-order valence-corrected chi connectivity index (χ2v) is 10.2. The number of carbonyl (C=O) groups is 1. The van der Waals surface area contributed by atoms with Gasteiger partial charge in [-0.15, -0.1) is 0 Å². The molecular weight excluding hydrogens is 434 g/mol. The summed E-state index contributed by atoms with van der Waals surface area (Å²) >= 11 is 0. The zero-order valence-electron chi connectivity index (χ0n) is 18.7. The molecule has 3 aromatic carbocycles. The molecule has 0 spiro atoms. The van der Waals surface area contributed by atoms with Crippen molar-refractivity contribution >= 4 is 15.9 Å². The molecule has 0 aromatic heterocycles.